The highest BCUT2D eigenvalue weighted by Gasteiger charge is 2.65. The lowest BCUT2D eigenvalue weighted by atomic mass is 9.51. The molecule has 4 atom stereocenters. The topological polar surface area (TPSA) is 54.5 Å². The van der Waals surface area contributed by atoms with Crippen molar-refractivity contribution in [1.29, 1.82) is 0 Å². The number of carbonyl (C=O) groups excluding carboxylic acids is 3. The number of nitrogens with zero attached hydrogens (tertiary/aromatic N) is 1. The second kappa shape index (κ2) is 5.80. The summed E-state index contributed by atoms with van der Waals surface area (Å²) in [6, 6.07) is 0. The van der Waals surface area contributed by atoms with E-state index in [0.29, 0.717) is 25.0 Å². The molecule has 5 aliphatic carbocycles. The molecule has 0 aromatic rings. The van der Waals surface area contributed by atoms with E-state index in [1.165, 1.54) is 5.57 Å². The maximum absolute atomic E-state index is 13.3. The van der Waals surface area contributed by atoms with Gasteiger partial charge in [-0.2, -0.15) is 0 Å². The number of allylic oxidation sites excluding steroid dienone is 4. The van der Waals surface area contributed by atoms with Crippen molar-refractivity contribution in [2.24, 2.45) is 22.2 Å². The molecule has 2 saturated carbocycles. The van der Waals surface area contributed by atoms with Crippen LogP contribution in [0.3, 0.4) is 0 Å². The largest absolute Gasteiger partial charge is 0.348 e. The number of amides is 1. The molecule has 5 rings (SSSR count). The van der Waals surface area contributed by atoms with Gasteiger partial charge in [-0.05, 0) is 48.7 Å². The molecular formula is C25H31NO3. The molecule has 29 heavy (non-hydrogen) atoms. The second-order valence-electron chi connectivity index (χ2n) is 10.6. The Morgan fingerprint density at radius 2 is 1.83 bits per heavy atom. The van der Waals surface area contributed by atoms with E-state index in [2.05, 4.69) is 26.0 Å². The van der Waals surface area contributed by atoms with Crippen molar-refractivity contribution in [3.63, 3.8) is 0 Å². The van der Waals surface area contributed by atoms with Gasteiger partial charge in [0.1, 0.15) is 11.6 Å². The van der Waals surface area contributed by atoms with E-state index in [-0.39, 0.29) is 28.4 Å². The maximum atomic E-state index is 13.3. The molecule has 0 saturated heterocycles. The smallest absolute Gasteiger partial charge is 0.233 e. The molecule has 0 heterocycles. The number of ketones is 2. The number of Topliss-reactive ketones (excluding diaryl/α,β-unsaturated/α-hetero) is 2. The summed E-state index contributed by atoms with van der Waals surface area (Å²) in [4.78, 5) is 40.5. The summed E-state index contributed by atoms with van der Waals surface area (Å²) >= 11 is 0. The van der Waals surface area contributed by atoms with Gasteiger partial charge >= 0.3 is 0 Å². The fourth-order valence-electron chi connectivity index (χ4n) is 7.25. The van der Waals surface area contributed by atoms with Gasteiger partial charge in [0.2, 0.25) is 5.91 Å². The van der Waals surface area contributed by atoms with Crippen LogP contribution in [0.4, 0.5) is 0 Å². The van der Waals surface area contributed by atoms with Crippen LogP contribution in [0.25, 0.3) is 0 Å². The van der Waals surface area contributed by atoms with Crippen LogP contribution in [0.1, 0.15) is 65.2 Å². The zero-order valence-electron chi connectivity index (χ0n) is 18.1. The van der Waals surface area contributed by atoms with Crippen molar-refractivity contribution in [3.05, 3.63) is 34.4 Å². The van der Waals surface area contributed by atoms with Crippen LogP contribution >= 0.6 is 0 Å². The first-order valence-electron chi connectivity index (χ1n) is 11.1. The molecule has 4 heteroatoms. The van der Waals surface area contributed by atoms with Gasteiger partial charge in [-0.15, -0.1) is 0 Å². The molecule has 0 bridgehead atoms. The van der Waals surface area contributed by atoms with Gasteiger partial charge < -0.3 is 4.90 Å². The van der Waals surface area contributed by atoms with Gasteiger partial charge in [-0.3, -0.25) is 14.4 Å². The lowest BCUT2D eigenvalue weighted by Crippen LogP contribution is -2.47. The normalized spacial score (nSPS) is 40.6. The molecule has 2 unspecified atom stereocenters. The van der Waals surface area contributed by atoms with Crippen LogP contribution in [0.5, 0.6) is 0 Å². The SMILES string of the molecule is CN(C)C(=O)[C@@H]1C=C2CC(=O)CCC2(C)C2=C1C1=CC[C@@]3(C)CCC(=O)C13CC2. The summed E-state index contributed by atoms with van der Waals surface area (Å²) in [6.45, 7) is 4.54. The van der Waals surface area contributed by atoms with Crippen LogP contribution in [0.2, 0.25) is 0 Å². The third kappa shape index (κ3) is 2.18. The zero-order chi connectivity index (χ0) is 20.8. The monoisotopic (exact) mass is 393 g/mol. The lowest BCUT2D eigenvalue weighted by Gasteiger charge is -2.51. The number of fused-ring (bicyclic) bond motifs is 3. The van der Waals surface area contributed by atoms with Crippen molar-refractivity contribution in [2.45, 2.75) is 65.2 Å². The van der Waals surface area contributed by atoms with Crippen LogP contribution in [0, 0.1) is 22.2 Å². The van der Waals surface area contributed by atoms with E-state index in [0.717, 1.165) is 48.8 Å². The highest BCUT2D eigenvalue weighted by molar-refractivity contribution is 5.96. The fraction of sp³-hybridized carbons (Fsp3) is 0.640. The predicted octanol–water partition coefficient (Wildman–Crippen LogP) is 4.17. The molecule has 5 aliphatic rings. The zero-order valence-corrected chi connectivity index (χ0v) is 18.1. The Bertz CT molecular complexity index is 951. The minimum absolute atomic E-state index is 0.00289. The van der Waals surface area contributed by atoms with Gasteiger partial charge in [0.15, 0.2) is 0 Å². The van der Waals surface area contributed by atoms with Gasteiger partial charge in [0.05, 0.1) is 11.3 Å². The first-order valence-corrected chi connectivity index (χ1v) is 11.1. The number of hydrogen-bond donors (Lipinski definition) is 0. The number of carbonyl (C=O) groups is 3. The van der Waals surface area contributed by atoms with Gasteiger partial charge in [-0.25, -0.2) is 0 Å². The predicted molar refractivity (Wildman–Crippen MR) is 111 cm³/mol. The van der Waals surface area contributed by atoms with E-state index in [4.69, 9.17) is 0 Å². The Hall–Kier alpha value is -1.97. The van der Waals surface area contributed by atoms with Crippen LogP contribution < -0.4 is 0 Å². The van der Waals surface area contributed by atoms with E-state index >= 15 is 0 Å². The van der Waals surface area contributed by atoms with Crippen LogP contribution in [0.15, 0.2) is 34.4 Å². The van der Waals surface area contributed by atoms with Crippen molar-refractivity contribution >= 4 is 17.5 Å². The molecule has 154 valence electrons. The molecule has 2 fully saturated rings. The Balaban J connectivity index is 1.72. The van der Waals surface area contributed by atoms with E-state index in [1.54, 1.807) is 19.0 Å². The van der Waals surface area contributed by atoms with Crippen LogP contribution in [-0.4, -0.2) is 36.5 Å². The Kier molecular flexibility index (Phi) is 3.80. The fourth-order valence-corrected chi connectivity index (χ4v) is 7.25. The molecule has 0 N–H and O–H groups in total. The molecule has 1 spiro atoms. The summed E-state index contributed by atoms with van der Waals surface area (Å²) in [6.07, 6.45) is 10.6. The Morgan fingerprint density at radius 1 is 1.07 bits per heavy atom. The Labute approximate surface area is 173 Å². The molecule has 0 aromatic heterocycles. The van der Waals surface area contributed by atoms with Crippen molar-refractivity contribution in [2.75, 3.05) is 14.1 Å². The van der Waals surface area contributed by atoms with Crippen LogP contribution in [-0.2, 0) is 14.4 Å². The molecule has 0 radical (unpaired) electrons. The molecular weight excluding hydrogens is 362 g/mol. The van der Waals surface area contributed by atoms with Gasteiger partial charge in [0, 0.05) is 38.8 Å². The van der Waals surface area contributed by atoms with Crippen molar-refractivity contribution < 1.29 is 14.4 Å². The average Bonchev–Trinajstić information content (AvgIpc) is 3.11. The quantitative estimate of drug-likeness (QED) is 0.629. The standard InChI is InChI=1S/C25H31NO3/c1-23-9-6-19-21-17(22(29)26(3)4)14-15-13-16(27)5-11-24(15,2)18(21)7-12-25(19,23)20(28)8-10-23/h6,14,17H,5,7-13H2,1-4H3/t17-,23+,24?,25?/m1/s1. The molecule has 1 amide bonds. The summed E-state index contributed by atoms with van der Waals surface area (Å²) in [5.41, 5.74) is 4.22. The average molecular weight is 394 g/mol. The minimum atomic E-state index is -0.400. The van der Waals surface area contributed by atoms with E-state index < -0.39 is 5.41 Å². The highest BCUT2D eigenvalue weighted by atomic mass is 16.2. The first kappa shape index (κ1) is 19.0. The summed E-state index contributed by atoms with van der Waals surface area (Å²) in [7, 11) is 3.60. The van der Waals surface area contributed by atoms with E-state index in [9.17, 15) is 14.4 Å². The van der Waals surface area contributed by atoms with Gasteiger partial charge in [0.25, 0.3) is 0 Å². The third-order valence-electron chi connectivity index (χ3n) is 9.04. The van der Waals surface area contributed by atoms with Crippen molar-refractivity contribution in [1.82, 2.24) is 4.90 Å². The van der Waals surface area contributed by atoms with Gasteiger partial charge in [-0.1, -0.05) is 37.1 Å². The third-order valence-corrected chi connectivity index (χ3v) is 9.04. The second-order valence-corrected chi connectivity index (χ2v) is 10.6. The minimum Gasteiger partial charge on any atom is -0.348 e. The number of rotatable bonds is 1. The van der Waals surface area contributed by atoms with Crippen molar-refractivity contribution in [3.8, 4) is 0 Å². The maximum Gasteiger partial charge on any atom is 0.233 e. The van der Waals surface area contributed by atoms with E-state index in [1.807, 2.05) is 0 Å². The summed E-state index contributed by atoms with van der Waals surface area (Å²) in [5.74, 6) is 0.347. The summed E-state index contributed by atoms with van der Waals surface area (Å²) < 4.78 is 0. The first-order chi connectivity index (χ1) is 13.6. The molecule has 0 aromatic carbocycles. The molecule has 0 aliphatic heterocycles. The Morgan fingerprint density at radius 3 is 2.55 bits per heavy atom. The number of hydrogen-bond acceptors (Lipinski definition) is 3. The lowest BCUT2D eigenvalue weighted by molar-refractivity contribution is -0.131. The summed E-state index contributed by atoms with van der Waals surface area (Å²) in [5, 5.41) is 0. The molecule has 4 nitrogen and oxygen atoms in total. The highest BCUT2D eigenvalue weighted by Crippen LogP contribution is 2.70.